The molecule has 14 nitrogen and oxygen atoms in total. The third-order valence-corrected chi connectivity index (χ3v) is 12.6. The first-order valence-corrected chi connectivity index (χ1v) is 19.8. The van der Waals surface area contributed by atoms with E-state index >= 15 is 0 Å². The standard InChI is InChI=1S/C41H44F3N9O5/c1-49-37-31(6-4-7-32(37)53(40(49)57)33-15-16-36(54)47-39(33)56)50-21-26-13-14-27(22-50)51(26)19-23-9-11-25(12-10-23)52-20-24-17-30(34(58-2)18-29(24)48-52)46-38(55)28-5-3-8-35(45-28)41(42,43)44/h3-8,17-18,20,23,25-27,33H,9-16,19,21-22H2,1-2H3,(H,46,55)(H,47,54,56)/t23?,25?,26-,27+,33?. The summed E-state index contributed by atoms with van der Waals surface area (Å²) in [5.74, 6) is -0.647. The number of piperidine rings is 1. The van der Waals surface area contributed by atoms with E-state index in [1.165, 1.54) is 13.2 Å². The Morgan fingerprint density at radius 1 is 0.948 bits per heavy atom. The van der Waals surface area contributed by atoms with Crippen molar-refractivity contribution < 1.29 is 32.3 Å². The number of rotatable bonds is 8. The first kappa shape index (κ1) is 37.8. The van der Waals surface area contributed by atoms with Crippen molar-refractivity contribution in [1.82, 2.24) is 34.1 Å². The van der Waals surface area contributed by atoms with Gasteiger partial charge in [0.1, 0.15) is 23.2 Å². The molecule has 0 radical (unpaired) electrons. The van der Waals surface area contributed by atoms with Gasteiger partial charge in [-0.15, -0.1) is 0 Å². The van der Waals surface area contributed by atoms with Crippen LogP contribution in [-0.2, 0) is 22.8 Å². The van der Waals surface area contributed by atoms with Crippen LogP contribution in [-0.4, -0.2) is 85.3 Å². The third kappa shape index (κ3) is 6.78. The maximum Gasteiger partial charge on any atom is 0.433 e. The number of pyridine rings is 1. The zero-order valence-corrected chi connectivity index (χ0v) is 32.2. The number of imidazole rings is 1. The number of carbonyl (C=O) groups is 3. The lowest BCUT2D eigenvalue weighted by atomic mass is 9.85. The van der Waals surface area contributed by atoms with Crippen LogP contribution >= 0.6 is 0 Å². The molecule has 2 N–H and O–H groups in total. The Kier molecular flexibility index (Phi) is 9.52. The van der Waals surface area contributed by atoms with E-state index < -0.39 is 29.7 Å². The lowest BCUT2D eigenvalue weighted by Crippen LogP contribution is -2.55. The number of hydrogen-bond donors (Lipinski definition) is 2. The number of nitrogens with zero attached hydrogens (tertiary/aromatic N) is 7. The van der Waals surface area contributed by atoms with Crippen molar-refractivity contribution >= 4 is 51.0 Å². The molecule has 2 bridgehead atoms. The number of carbonyl (C=O) groups excluding carboxylic acids is 3. The van der Waals surface area contributed by atoms with Gasteiger partial charge in [-0.25, -0.2) is 9.78 Å². The van der Waals surface area contributed by atoms with Gasteiger partial charge in [0.05, 0.1) is 41.1 Å². The molecule has 1 aliphatic carbocycles. The average Bonchev–Trinajstić information content (AvgIpc) is 3.81. The maximum atomic E-state index is 13.6. The highest BCUT2D eigenvalue weighted by molar-refractivity contribution is 6.05. The number of nitrogens with one attached hydrogen (secondary N) is 2. The molecule has 1 unspecified atom stereocenters. The minimum absolute atomic E-state index is 0.197. The van der Waals surface area contributed by atoms with E-state index in [1.807, 2.05) is 23.0 Å². The Hall–Kier alpha value is -5.71. The Morgan fingerprint density at radius 2 is 1.67 bits per heavy atom. The normalized spacial score (nSPS) is 24.1. The number of ether oxygens (including phenoxy) is 1. The smallest absolute Gasteiger partial charge is 0.433 e. The van der Waals surface area contributed by atoms with Crippen molar-refractivity contribution in [1.29, 1.82) is 0 Å². The SMILES string of the molecule is COc1cc2nn(C3CCC(CN4[C@@H]5CC[C@H]4CN(c4cccc6c4n(C)c(=O)n6C4CCC(=O)NC4=O)C5)CC3)cc2cc1NC(=O)c1cccc(C(F)(F)F)n1. The Labute approximate surface area is 330 Å². The number of anilines is 2. The summed E-state index contributed by atoms with van der Waals surface area (Å²) in [6.45, 7) is 2.74. The highest BCUT2D eigenvalue weighted by atomic mass is 19.4. The summed E-state index contributed by atoms with van der Waals surface area (Å²) in [5.41, 5.74) is 1.73. The second-order valence-corrected chi connectivity index (χ2v) is 16.1. The number of fused-ring (bicyclic) bond motifs is 4. The van der Waals surface area contributed by atoms with E-state index in [4.69, 9.17) is 9.84 Å². The summed E-state index contributed by atoms with van der Waals surface area (Å²) in [6, 6.07) is 12.8. The van der Waals surface area contributed by atoms with Crippen molar-refractivity contribution in [2.24, 2.45) is 13.0 Å². The Morgan fingerprint density at radius 3 is 2.38 bits per heavy atom. The van der Waals surface area contributed by atoms with Crippen molar-refractivity contribution in [2.75, 3.05) is 37.0 Å². The van der Waals surface area contributed by atoms with Gasteiger partial charge in [-0.1, -0.05) is 12.1 Å². The predicted molar refractivity (Wildman–Crippen MR) is 209 cm³/mol. The van der Waals surface area contributed by atoms with Crippen LogP contribution in [0.25, 0.3) is 21.9 Å². The van der Waals surface area contributed by atoms with Crippen LogP contribution < -0.4 is 26.0 Å². The molecule has 3 aromatic heterocycles. The van der Waals surface area contributed by atoms with Crippen LogP contribution in [0.5, 0.6) is 5.75 Å². The van der Waals surface area contributed by atoms with Crippen LogP contribution in [0, 0.1) is 5.92 Å². The molecule has 17 heteroatoms. The van der Waals surface area contributed by atoms with Crippen LogP contribution in [0.2, 0.25) is 0 Å². The number of alkyl halides is 3. The minimum atomic E-state index is -4.67. The fourth-order valence-electron chi connectivity index (χ4n) is 9.71. The Bertz CT molecular complexity index is 2490. The lowest BCUT2D eigenvalue weighted by Gasteiger charge is -2.44. The van der Waals surface area contributed by atoms with E-state index in [0.717, 1.165) is 86.9 Å². The van der Waals surface area contributed by atoms with Crippen LogP contribution in [0.4, 0.5) is 24.5 Å². The van der Waals surface area contributed by atoms with E-state index in [-0.39, 0.29) is 29.8 Å². The van der Waals surface area contributed by atoms with Gasteiger partial charge in [0.2, 0.25) is 11.8 Å². The van der Waals surface area contributed by atoms with Crippen molar-refractivity contribution in [3.8, 4) is 5.75 Å². The number of hydrogen-bond acceptors (Lipinski definition) is 9. The van der Waals surface area contributed by atoms with Gasteiger partial charge in [-0.3, -0.25) is 38.4 Å². The summed E-state index contributed by atoms with van der Waals surface area (Å²) in [4.78, 5) is 59.7. The van der Waals surface area contributed by atoms with Crippen molar-refractivity contribution in [3.05, 3.63) is 76.6 Å². The van der Waals surface area contributed by atoms with E-state index in [2.05, 4.69) is 31.5 Å². The quantitative estimate of drug-likeness (QED) is 0.196. The van der Waals surface area contributed by atoms with Crippen molar-refractivity contribution in [3.63, 3.8) is 0 Å². The maximum absolute atomic E-state index is 13.6. The van der Waals surface area contributed by atoms with E-state index in [9.17, 15) is 32.3 Å². The summed E-state index contributed by atoms with van der Waals surface area (Å²) >= 11 is 0. The predicted octanol–water partition coefficient (Wildman–Crippen LogP) is 5.43. The molecule has 9 rings (SSSR count). The molecular formula is C41H44F3N9O5. The zero-order chi connectivity index (χ0) is 40.5. The topological polar surface area (TPSA) is 149 Å². The number of benzene rings is 2. The van der Waals surface area contributed by atoms with E-state index in [0.29, 0.717) is 46.9 Å². The number of imide groups is 1. The lowest BCUT2D eigenvalue weighted by molar-refractivity contribution is -0.141. The Balaban J connectivity index is 0.845. The summed E-state index contributed by atoms with van der Waals surface area (Å²) < 4.78 is 50.3. The minimum Gasteiger partial charge on any atom is -0.494 e. The van der Waals surface area contributed by atoms with Gasteiger partial charge in [-0.05, 0) is 81.2 Å². The van der Waals surface area contributed by atoms with Crippen LogP contribution in [0.1, 0.15) is 79.6 Å². The molecule has 3 amide bonds. The number of para-hydroxylation sites is 1. The van der Waals surface area contributed by atoms with E-state index in [1.54, 1.807) is 28.3 Å². The van der Waals surface area contributed by atoms with Gasteiger partial charge in [0, 0.05) is 62.8 Å². The number of halogens is 3. The molecule has 3 aliphatic heterocycles. The average molecular weight is 800 g/mol. The first-order valence-electron chi connectivity index (χ1n) is 19.8. The van der Waals surface area contributed by atoms with Crippen LogP contribution in [0.3, 0.4) is 0 Å². The number of aryl methyl sites for hydroxylation is 1. The molecule has 304 valence electrons. The molecule has 58 heavy (non-hydrogen) atoms. The monoisotopic (exact) mass is 799 g/mol. The van der Waals surface area contributed by atoms with Crippen LogP contribution in [0.15, 0.2) is 59.5 Å². The zero-order valence-electron chi connectivity index (χ0n) is 32.2. The van der Waals surface area contributed by atoms with Gasteiger partial charge in [0.25, 0.3) is 5.91 Å². The number of aromatic nitrogens is 5. The molecule has 2 aromatic carbocycles. The van der Waals surface area contributed by atoms with Gasteiger partial charge in [-0.2, -0.15) is 18.3 Å². The number of piperazine rings is 1. The van der Waals surface area contributed by atoms with Gasteiger partial charge >= 0.3 is 11.9 Å². The highest BCUT2D eigenvalue weighted by Gasteiger charge is 2.42. The second-order valence-electron chi connectivity index (χ2n) is 16.1. The third-order valence-electron chi connectivity index (χ3n) is 12.6. The molecule has 4 aliphatic rings. The summed E-state index contributed by atoms with van der Waals surface area (Å²) in [6.07, 6.45) is 4.06. The molecule has 4 fully saturated rings. The molecule has 1 saturated carbocycles. The summed E-state index contributed by atoms with van der Waals surface area (Å²) in [5, 5.41) is 10.7. The van der Waals surface area contributed by atoms with Gasteiger partial charge < -0.3 is 15.0 Å². The van der Waals surface area contributed by atoms with Crippen molar-refractivity contribution in [2.45, 2.75) is 81.7 Å². The largest absolute Gasteiger partial charge is 0.494 e. The molecule has 3 saturated heterocycles. The molecule has 6 heterocycles. The molecule has 0 spiro atoms. The number of methoxy groups -OCH3 is 1. The first-order chi connectivity index (χ1) is 27.9. The highest BCUT2D eigenvalue weighted by Crippen LogP contribution is 2.40. The number of amides is 3. The fourth-order valence-corrected chi connectivity index (χ4v) is 9.71. The second kappa shape index (κ2) is 14.6. The summed E-state index contributed by atoms with van der Waals surface area (Å²) in [7, 11) is 3.21. The van der Waals surface area contributed by atoms with Gasteiger partial charge in [0.15, 0.2) is 0 Å². The molecule has 5 aromatic rings. The molecule has 3 atom stereocenters. The fraction of sp³-hybridized carbons (Fsp3) is 0.463. The molecular weight excluding hydrogens is 756 g/mol.